The van der Waals surface area contributed by atoms with Crippen LogP contribution in [0.25, 0.3) is 0 Å². The second kappa shape index (κ2) is 9.95. The molecular formula is C21H24ClN3O4S. The molecule has 1 unspecified atom stereocenters. The molecular weight excluding hydrogens is 426 g/mol. The van der Waals surface area contributed by atoms with Crippen LogP contribution in [0.1, 0.15) is 32.6 Å². The molecule has 1 aliphatic rings. The molecule has 3 rings (SSSR count). The van der Waals surface area contributed by atoms with E-state index in [1.807, 2.05) is 0 Å². The number of carbonyl (C=O) groups is 1. The third-order valence-corrected chi connectivity index (χ3v) is 6.20. The van der Waals surface area contributed by atoms with Gasteiger partial charge in [-0.25, -0.2) is 8.42 Å². The molecule has 0 radical (unpaired) electrons. The van der Waals surface area contributed by atoms with Crippen molar-refractivity contribution in [2.24, 2.45) is 4.99 Å². The molecule has 30 heavy (non-hydrogen) atoms. The van der Waals surface area contributed by atoms with Crippen molar-refractivity contribution < 1.29 is 17.9 Å². The average molecular weight is 450 g/mol. The predicted octanol–water partition coefficient (Wildman–Crippen LogP) is 4.00. The minimum Gasteiger partial charge on any atom is -0.481 e. The van der Waals surface area contributed by atoms with Gasteiger partial charge in [0.05, 0.1) is 4.90 Å². The lowest BCUT2D eigenvalue weighted by Gasteiger charge is -2.15. The highest BCUT2D eigenvalue weighted by Gasteiger charge is 2.18. The molecule has 0 spiro atoms. The van der Waals surface area contributed by atoms with Crippen molar-refractivity contribution in [1.82, 2.24) is 4.72 Å². The standard InChI is InChI=1S/C21H24ClN3O4S/c1-15(29-18-10-6-16(22)7-11-18)21(26)24-17-8-12-19(13-9-17)30(27,28)25-20-5-3-2-4-14-23-20/h6-13,15H,2-5,14H2,1H3,(H,23,25)(H,24,26). The Kier molecular flexibility index (Phi) is 7.33. The predicted molar refractivity (Wildman–Crippen MR) is 118 cm³/mol. The normalized spacial score (nSPS) is 15.5. The molecule has 0 aliphatic carbocycles. The number of amidine groups is 1. The number of hydrogen-bond donors (Lipinski definition) is 2. The van der Waals surface area contributed by atoms with E-state index in [1.54, 1.807) is 31.2 Å². The van der Waals surface area contributed by atoms with Crippen molar-refractivity contribution in [3.05, 3.63) is 53.6 Å². The first-order valence-electron chi connectivity index (χ1n) is 9.73. The van der Waals surface area contributed by atoms with Gasteiger partial charge in [0.25, 0.3) is 15.9 Å². The molecule has 0 saturated carbocycles. The van der Waals surface area contributed by atoms with Crippen LogP contribution in [-0.4, -0.2) is 32.8 Å². The fourth-order valence-corrected chi connectivity index (χ4v) is 4.12. The summed E-state index contributed by atoms with van der Waals surface area (Å²) in [5.74, 6) is 0.667. The van der Waals surface area contributed by atoms with Gasteiger partial charge >= 0.3 is 0 Å². The molecule has 2 aromatic rings. The van der Waals surface area contributed by atoms with Crippen LogP contribution in [-0.2, 0) is 14.8 Å². The van der Waals surface area contributed by atoms with Crippen LogP contribution < -0.4 is 14.8 Å². The third-order valence-electron chi connectivity index (χ3n) is 4.55. The monoisotopic (exact) mass is 449 g/mol. The van der Waals surface area contributed by atoms with Crippen LogP contribution in [0.3, 0.4) is 0 Å². The molecule has 0 saturated heterocycles. The van der Waals surface area contributed by atoms with Crippen LogP contribution >= 0.6 is 11.6 Å². The van der Waals surface area contributed by atoms with Crippen molar-refractivity contribution in [2.75, 3.05) is 11.9 Å². The lowest BCUT2D eigenvalue weighted by Crippen LogP contribution is -2.31. The van der Waals surface area contributed by atoms with Gasteiger partial charge in [0.2, 0.25) is 0 Å². The number of halogens is 1. The number of rotatable bonds is 6. The number of carbonyl (C=O) groups excluding carboxylic acids is 1. The number of hydrogen-bond acceptors (Lipinski definition) is 5. The zero-order valence-corrected chi connectivity index (χ0v) is 18.2. The largest absolute Gasteiger partial charge is 0.481 e. The van der Waals surface area contributed by atoms with E-state index in [0.29, 0.717) is 35.3 Å². The molecule has 160 valence electrons. The van der Waals surface area contributed by atoms with Crippen LogP contribution in [0.5, 0.6) is 5.75 Å². The fourth-order valence-electron chi connectivity index (χ4n) is 2.90. The van der Waals surface area contributed by atoms with Crippen molar-refractivity contribution in [1.29, 1.82) is 0 Å². The summed E-state index contributed by atoms with van der Waals surface area (Å²) in [6.45, 7) is 2.26. The summed E-state index contributed by atoms with van der Waals surface area (Å²) < 4.78 is 33.3. The van der Waals surface area contributed by atoms with Gasteiger partial charge in [0.15, 0.2) is 6.10 Å². The summed E-state index contributed by atoms with van der Waals surface area (Å²) in [5.41, 5.74) is 0.470. The summed E-state index contributed by atoms with van der Waals surface area (Å²) in [7, 11) is -3.71. The maximum absolute atomic E-state index is 12.6. The smallest absolute Gasteiger partial charge is 0.265 e. The quantitative estimate of drug-likeness (QED) is 0.696. The van der Waals surface area contributed by atoms with E-state index in [0.717, 1.165) is 19.3 Å². The zero-order valence-electron chi connectivity index (χ0n) is 16.6. The van der Waals surface area contributed by atoms with Crippen molar-refractivity contribution >= 4 is 39.1 Å². The Morgan fingerprint density at radius 3 is 2.47 bits per heavy atom. The van der Waals surface area contributed by atoms with Gasteiger partial charge in [-0.1, -0.05) is 18.0 Å². The number of ether oxygens (including phenoxy) is 1. The van der Waals surface area contributed by atoms with Gasteiger partial charge in [-0.3, -0.25) is 14.5 Å². The molecule has 1 atom stereocenters. The highest BCUT2D eigenvalue weighted by molar-refractivity contribution is 7.90. The molecule has 2 aromatic carbocycles. The van der Waals surface area contributed by atoms with Gasteiger partial charge in [-0.2, -0.15) is 0 Å². The van der Waals surface area contributed by atoms with Gasteiger partial charge < -0.3 is 10.1 Å². The Morgan fingerprint density at radius 2 is 1.77 bits per heavy atom. The third kappa shape index (κ3) is 6.21. The van der Waals surface area contributed by atoms with Crippen molar-refractivity contribution in [3.8, 4) is 5.75 Å². The Bertz CT molecular complexity index is 1010. The van der Waals surface area contributed by atoms with Crippen LogP contribution in [0, 0.1) is 0 Å². The summed E-state index contributed by atoms with van der Waals surface area (Å²) in [5, 5.41) is 3.29. The van der Waals surface area contributed by atoms with Crippen LogP contribution in [0.15, 0.2) is 58.4 Å². The molecule has 7 nitrogen and oxygen atoms in total. The Morgan fingerprint density at radius 1 is 1.07 bits per heavy atom. The molecule has 9 heteroatoms. The summed E-state index contributed by atoms with van der Waals surface area (Å²) in [6.07, 6.45) is 2.81. The summed E-state index contributed by atoms with van der Waals surface area (Å²) in [6, 6.07) is 12.7. The summed E-state index contributed by atoms with van der Waals surface area (Å²) in [4.78, 5) is 16.8. The van der Waals surface area contributed by atoms with Gasteiger partial charge in [0.1, 0.15) is 11.6 Å². The van der Waals surface area contributed by atoms with Crippen molar-refractivity contribution in [3.63, 3.8) is 0 Å². The molecule has 0 aromatic heterocycles. The number of nitrogens with zero attached hydrogens (tertiary/aromatic N) is 1. The number of aliphatic imine (C=N–C) groups is 1. The van der Waals surface area contributed by atoms with Gasteiger partial charge in [-0.15, -0.1) is 0 Å². The second-order valence-electron chi connectivity index (χ2n) is 6.97. The zero-order chi connectivity index (χ0) is 21.6. The van der Waals surface area contributed by atoms with E-state index >= 15 is 0 Å². The van der Waals surface area contributed by atoms with E-state index in [4.69, 9.17) is 16.3 Å². The number of amides is 1. The lowest BCUT2D eigenvalue weighted by atomic mass is 10.2. The fraction of sp³-hybridized carbons (Fsp3) is 0.333. The maximum Gasteiger partial charge on any atom is 0.265 e. The first-order valence-corrected chi connectivity index (χ1v) is 11.6. The maximum atomic E-state index is 12.6. The number of anilines is 1. The topological polar surface area (TPSA) is 96.9 Å². The van der Waals surface area contributed by atoms with Gasteiger partial charge in [-0.05, 0) is 68.3 Å². The number of benzene rings is 2. The number of nitrogens with one attached hydrogen (secondary N) is 2. The Hall–Kier alpha value is -2.58. The molecule has 1 aliphatic heterocycles. The SMILES string of the molecule is CC(Oc1ccc(Cl)cc1)C(=O)Nc1ccc(S(=O)(=O)NC2=NCCCCC2)cc1. The highest BCUT2D eigenvalue weighted by atomic mass is 35.5. The average Bonchev–Trinajstić information content (AvgIpc) is 2.98. The highest BCUT2D eigenvalue weighted by Crippen LogP contribution is 2.18. The first-order chi connectivity index (χ1) is 14.3. The molecule has 2 N–H and O–H groups in total. The minimum absolute atomic E-state index is 0.109. The minimum atomic E-state index is -3.71. The number of sulfonamides is 1. The molecule has 1 amide bonds. The van der Waals surface area contributed by atoms with Gasteiger partial charge in [0, 0.05) is 23.7 Å². The Labute approximate surface area is 181 Å². The van der Waals surface area contributed by atoms with E-state index in [1.165, 1.54) is 24.3 Å². The molecule has 0 bridgehead atoms. The molecule has 0 fully saturated rings. The Balaban J connectivity index is 1.59. The van der Waals surface area contributed by atoms with Crippen LogP contribution in [0.2, 0.25) is 5.02 Å². The van der Waals surface area contributed by atoms with E-state index in [2.05, 4.69) is 15.0 Å². The van der Waals surface area contributed by atoms with E-state index in [9.17, 15) is 13.2 Å². The summed E-state index contributed by atoms with van der Waals surface area (Å²) >= 11 is 5.84. The lowest BCUT2D eigenvalue weighted by molar-refractivity contribution is -0.122. The van der Waals surface area contributed by atoms with E-state index < -0.39 is 16.1 Å². The first kappa shape index (κ1) is 22.1. The van der Waals surface area contributed by atoms with E-state index in [-0.39, 0.29) is 10.8 Å². The van der Waals surface area contributed by atoms with Crippen LogP contribution in [0.4, 0.5) is 5.69 Å². The second-order valence-corrected chi connectivity index (χ2v) is 9.09. The molecule has 1 heterocycles. The van der Waals surface area contributed by atoms with Crippen molar-refractivity contribution in [2.45, 2.75) is 43.6 Å².